The van der Waals surface area contributed by atoms with Crippen molar-refractivity contribution in [2.24, 2.45) is 0 Å². The zero-order valence-corrected chi connectivity index (χ0v) is 16.3. The number of piperazine rings is 1. The topological polar surface area (TPSA) is 35.6 Å². The van der Waals surface area contributed by atoms with Crippen molar-refractivity contribution >= 4 is 17.5 Å². The number of likely N-dealkylation sites (tertiary alicyclic amines) is 1. The van der Waals surface area contributed by atoms with Gasteiger partial charge in [-0.25, -0.2) is 0 Å². The summed E-state index contributed by atoms with van der Waals surface area (Å²) in [6.07, 6.45) is 2.56. The predicted octanol–water partition coefficient (Wildman–Crippen LogP) is 3.72. The SMILES string of the molecule is O=C(c1cccc(CN2CCCC2)c1)N1CCNCC1c1cccc(Cl)c1. The van der Waals surface area contributed by atoms with Crippen molar-refractivity contribution in [2.45, 2.75) is 25.4 Å². The Labute approximate surface area is 166 Å². The Morgan fingerprint density at radius 3 is 2.70 bits per heavy atom. The van der Waals surface area contributed by atoms with Gasteiger partial charge < -0.3 is 10.2 Å². The summed E-state index contributed by atoms with van der Waals surface area (Å²) in [6.45, 7) is 5.52. The summed E-state index contributed by atoms with van der Waals surface area (Å²) in [4.78, 5) is 17.8. The van der Waals surface area contributed by atoms with Gasteiger partial charge in [-0.1, -0.05) is 35.9 Å². The summed E-state index contributed by atoms with van der Waals surface area (Å²) in [6, 6.07) is 16.0. The number of carbonyl (C=O) groups is 1. The predicted molar refractivity (Wildman–Crippen MR) is 109 cm³/mol. The van der Waals surface area contributed by atoms with E-state index in [1.165, 1.54) is 18.4 Å². The fraction of sp³-hybridized carbons (Fsp3) is 0.409. The van der Waals surface area contributed by atoms with Crippen LogP contribution in [0, 0.1) is 0 Å². The van der Waals surface area contributed by atoms with Crippen LogP contribution in [0.2, 0.25) is 5.02 Å². The Bertz CT molecular complexity index is 804. The van der Waals surface area contributed by atoms with Gasteiger partial charge in [0.25, 0.3) is 5.91 Å². The maximum Gasteiger partial charge on any atom is 0.254 e. The molecule has 2 aromatic carbocycles. The first kappa shape index (κ1) is 18.5. The molecule has 2 saturated heterocycles. The van der Waals surface area contributed by atoms with E-state index in [1.54, 1.807) is 0 Å². The Morgan fingerprint density at radius 1 is 1.07 bits per heavy atom. The number of carbonyl (C=O) groups excluding carboxylic acids is 1. The Balaban J connectivity index is 1.54. The number of hydrogen-bond donors (Lipinski definition) is 1. The van der Waals surface area contributed by atoms with Gasteiger partial charge in [0.05, 0.1) is 6.04 Å². The van der Waals surface area contributed by atoms with E-state index in [0.29, 0.717) is 11.6 Å². The molecule has 1 N–H and O–H groups in total. The fourth-order valence-corrected chi connectivity index (χ4v) is 4.33. The summed E-state index contributed by atoms with van der Waals surface area (Å²) in [7, 11) is 0. The summed E-state index contributed by atoms with van der Waals surface area (Å²) in [5.74, 6) is 0.102. The smallest absolute Gasteiger partial charge is 0.254 e. The van der Waals surface area contributed by atoms with Gasteiger partial charge >= 0.3 is 0 Å². The molecule has 1 unspecified atom stereocenters. The van der Waals surface area contributed by atoms with E-state index in [1.807, 2.05) is 41.3 Å². The second-order valence-electron chi connectivity index (χ2n) is 7.46. The van der Waals surface area contributed by atoms with Gasteiger partial charge in [-0.3, -0.25) is 9.69 Å². The van der Waals surface area contributed by atoms with Crippen LogP contribution >= 0.6 is 11.6 Å². The highest BCUT2D eigenvalue weighted by Crippen LogP contribution is 2.26. The van der Waals surface area contributed by atoms with Crippen LogP contribution in [0.3, 0.4) is 0 Å². The van der Waals surface area contributed by atoms with Crippen LogP contribution in [0.25, 0.3) is 0 Å². The normalized spacial score (nSPS) is 20.8. The zero-order valence-electron chi connectivity index (χ0n) is 15.5. The highest BCUT2D eigenvalue weighted by atomic mass is 35.5. The lowest BCUT2D eigenvalue weighted by Crippen LogP contribution is -2.48. The molecule has 0 saturated carbocycles. The van der Waals surface area contributed by atoms with E-state index in [9.17, 15) is 4.79 Å². The van der Waals surface area contributed by atoms with E-state index in [0.717, 1.165) is 43.9 Å². The van der Waals surface area contributed by atoms with E-state index >= 15 is 0 Å². The molecule has 0 radical (unpaired) electrons. The second kappa shape index (κ2) is 8.42. The summed E-state index contributed by atoms with van der Waals surface area (Å²) < 4.78 is 0. The molecule has 5 heteroatoms. The highest BCUT2D eigenvalue weighted by Gasteiger charge is 2.29. The van der Waals surface area contributed by atoms with Gasteiger partial charge in [0, 0.05) is 36.8 Å². The van der Waals surface area contributed by atoms with Gasteiger partial charge in [-0.2, -0.15) is 0 Å². The standard InChI is InChI=1S/C22H26ClN3O/c23-20-8-4-6-18(14-20)21-15-24-9-12-26(21)22(27)19-7-3-5-17(13-19)16-25-10-1-2-11-25/h3-8,13-14,21,24H,1-2,9-12,15-16H2. The molecule has 0 spiro atoms. The second-order valence-corrected chi connectivity index (χ2v) is 7.89. The number of hydrogen-bond acceptors (Lipinski definition) is 3. The molecule has 0 aromatic heterocycles. The molecule has 4 nitrogen and oxygen atoms in total. The third-order valence-corrected chi connectivity index (χ3v) is 5.75. The molecule has 4 rings (SSSR count). The van der Waals surface area contributed by atoms with Crippen LogP contribution in [0.1, 0.15) is 40.4 Å². The Hall–Kier alpha value is -1.88. The van der Waals surface area contributed by atoms with Crippen LogP contribution in [0.4, 0.5) is 0 Å². The third-order valence-electron chi connectivity index (χ3n) is 5.52. The van der Waals surface area contributed by atoms with Crippen LogP contribution in [-0.2, 0) is 6.54 Å². The maximum atomic E-state index is 13.3. The van der Waals surface area contributed by atoms with Gasteiger partial charge in [0.15, 0.2) is 0 Å². The molecule has 142 valence electrons. The van der Waals surface area contributed by atoms with Crippen molar-refractivity contribution in [3.05, 3.63) is 70.2 Å². The first-order valence-electron chi connectivity index (χ1n) is 9.79. The first-order valence-corrected chi connectivity index (χ1v) is 10.2. The number of rotatable bonds is 4. The van der Waals surface area contributed by atoms with Gasteiger partial charge in [0.2, 0.25) is 0 Å². The molecule has 2 aliphatic heterocycles. The molecule has 27 heavy (non-hydrogen) atoms. The van der Waals surface area contributed by atoms with Crippen molar-refractivity contribution in [2.75, 3.05) is 32.7 Å². The lowest BCUT2D eigenvalue weighted by molar-refractivity contribution is 0.0634. The van der Waals surface area contributed by atoms with Crippen molar-refractivity contribution < 1.29 is 4.79 Å². The molecule has 0 aliphatic carbocycles. The molecule has 1 amide bonds. The maximum absolute atomic E-state index is 13.3. The number of nitrogens with one attached hydrogen (secondary N) is 1. The average Bonchev–Trinajstić information content (AvgIpc) is 3.21. The lowest BCUT2D eigenvalue weighted by atomic mass is 10.0. The molecule has 0 bridgehead atoms. The Morgan fingerprint density at radius 2 is 1.89 bits per heavy atom. The number of halogens is 1. The minimum absolute atomic E-state index is 0.00666. The number of benzene rings is 2. The third kappa shape index (κ3) is 4.34. The molecule has 1 atom stereocenters. The fourth-order valence-electron chi connectivity index (χ4n) is 4.13. The number of amides is 1. The lowest BCUT2D eigenvalue weighted by Gasteiger charge is -2.36. The van der Waals surface area contributed by atoms with Crippen molar-refractivity contribution in [1.82, 2.24) is 15.1 Å². The molecular formula is C22H26ClN3O. The molecular weight excluding hydrogens is 358 g/mol. The molecule has 2 aromatic rings. The molecule has 2 aliphatic rings. The monoisotopic (exact) mass is 383 g/mol. The van der Waals surface area contributed by atoms with Crippen molar-refractivity contribution in [3.8, 4) is 0 Å². The quantitative estimate of drug-likeness (QED) is 0.873. The van der Waals surface area contributed by atoms with Gasteiger partial charge in [0.1, 0.15) is 0 Å². The van der Waals surface area contributed by atoms with Crippen LogP contribution in [0.5, 0.6) is 0 Å². The van der Waals surface area contributed by atoms with Gasteiger partial charge in [-0.15, -0.1) is 0 Å². The van der Waals surface area contributed by atoms with E-state index in [4.69, 9.17) is 11.6 Å². The van der Waals surface area contributed by atoms with Crippen molar-refractivity contribution in [3.63, 3.8) is 0 Å². The molecule has 2 heterocycles. The van der Waals surface area contributed by atoms with Crippen LogP contribution in [0.15, 0.2) is 48.5 Å². The van der Waals surface area contributed by atoms with Crippen molar-refractivity contribution in [1.29, 1.82) is 0 Å². The van der Waals surface area contributed by atoms with Crippen LogP contribution < -0.4 is 5.32 Å². The summed E-state index contributed by atoms with van der Waals surface area (Å²) in [5.41, 5.74) is 3.08. The van der Waals surface area contributed by atoms with E-state index in [-0.39, 0.29) is 11.9 Å². The highest BCUT2D eigenvalue weighted by molar-refractivity contribution is 6.30. The molecule has 2 fully saturated rings. The first-order chi connectivity index (χ1) is 13.2. The average molecular weight is 384 g/mol. The van der Waals surface area contributed by atoms with Crippen LogP contribution in [-0.4, -0.2) is 48.4 Å². The van der Waals surface area contributed by atoms with E-state index < -0.39 is 0 Å². The minimum Gasteiger partial charge on any atom is -0.329 e. The largest absolute Gasteiger partial charge is 0.329 e. The summed E-state index contributed by atoms with van der Waals surface area (Å²) in [5, 5.41) is 4.11. The zero-order chi connectivity index (χ0) is 18.6. The van der Waals surface area contributed by atoms with Gasteiger partial charge in [-0.05, 0) is 61.3 Å². The number of nitrogens with zero attached hydrogens (tertiary/aromatic N) is 2. The summed E-state index contributed by atoms with van der Waals surface area (Å²) >= 11 is 6.18. The Kier molecular flexibility index (Phi) is 5.77. The van der Waals surface area contributed by atoms with E-state index in [2.05, 4.69) is 22.3 Å². The minimum atomic E-state index is 0.00666.